The van der Waals surface area contributed by atoms with E-state index in [1.54, 1.807) is 37.1 Å². The van der Waals surface area contributed by atoms with Gasteiger partial charge in [0.15, 0.2) is 0 Å². The van der Waals surface area contributed by atoms with Crippen LogP contribution in [0.25, 0.3) is 0 Å². The van der Waals surface area contributed by atoms with Crippen molar-refractivity contribution in [3.05, 3.63) is 33.8 Å². The molecule has 0 aliphatic heterocycles. The minimum atomic E-state index is -0.578. The minimum Gasteiger partial charge on any atom is -0.345 e. The lowest BCUT2D eigenvalue weighted by molar-refractivity contribution is -0.136. The average molecular weight is 317 g/mol. The van der Waals surface area contributed by atoms with Crippen molar-refractivity contribution in [3.8, 4) is 0 Å². The Kier molecular flexibility index (Phi) is 5.84. The molecule has 1 aromatic carbocycles. The third-order valence-electron chi connectivity index (χ3n) is 3.13. The van der Waals surface area contributed by atoms with Crippen LogP contribution < -0.4 is 5.32 Å². The molecule has 0 fully saturated rings. The van der Waals surface area contributed by atoms with E-state index in [1.165, 1.54) is 6.92 Å². The molecule has 0 aliphatic rings. The maximum Gasteiger partial charge on any atom is 0.245 e. The van der Waals surface area contributed by atoms with Crippen molar-refractivity contribution in [2.45, 2.75) is 32.9 Å². The van der Waals surface area contributed by atoms with E-state index in [0.29, 0.717) is 10.0 Å². The SMILES string of the molecule is CC(=O)NC(C)C(=O)N(C)C(C)c1ccc(Cl)cc1Cl. The van der Waals surface area contributed by atoms with Crippen LogP contribution in [0.5, 0.6) is 0 Å². The van der Waals surface area contributed by atoms with E-state index in [0.717, 1.165) is 5.56 Å². The molecule has 0 aliphatic carbocycles. The fraction of sp³-hybridized carbons (Fsp3) is 0.429. The Balaban J connectivity index is 2.87. The molecule has 2 unspecified atom stereocenters. The van der Waals surface area contributed by atoms with Gasteiger partial charge < -0.3 is 10.2 Å². The molecule has 110 valence electrons. The normalized spacial score (nSPS) is 13.5. The molecular formula is C14H18Cl2N2O2. The molecule has 20 heavy (non-hydrogen) atoms. The van der Waals surface area contributed by atoms with Gasteiger partial charge in [-0.1, -0.05) is 29.3 Å². The topological polar surface area (TPSA) is 49.4 Å². The quantitative estimate of drug-likeness (QED) is 0.928. The number of benzene rings is 1. The van der Waals surface area contributed by atoms with Crippen LogP contribution in [0.2, 0.25) is 10.0 Å². The zero-order valence-electron chi connectivity index (χ0n) is 11.9. The Bertz CT molecular complexity index is 520. The van der Waals surface area contributed by atoms with Crippen molar-refractivity contribution >= 4 is 35.0 Å². The predicted molar refractivity (Wildman–Crippen MR) is 80.9 cm³/mol. The van der Waals surface area contributed by atoms with Gasteiger partial charge in [0.1, 0.15) is 6.04 Å². The number of hydrogen-bond donors (Lipinski definition) is 1. The fourth-order valence-corrected chi connectivity index (χ4v) is 2.48. The van der Waals surface area contributed by atoms with Gasteiger partial charge in [0.2, 0.25) is 11.8 Å². The Morgan fingerprint density at radius 1 is 1.25 bits per heavy atom. The van der Waals surface area contributed by atoms with Gasteiger partial charge in [-0.3, -0.25) is 9.59 Å². The number of hydrogen-bond acceptors (Lipinski definition) is 2. The van der Waals surface area contributed by atoms with E-state index in [9.17, 15) is 9.59 Å². The summed E-state index contributed by atoms with van der Waals surface area (Å²) in [6, 6.07) is 4.37. The Hall–Kier alpha value is -1.26. The minimum absolute atomic E-state index is 0.182. The molecule has 0 saturated carbocycles. The maximum absolute atomic E-state index is 12.2. The summed E-state index contributed by atoms with van der Waals surface area (Å²) in [5.74, 6) is -0.421. The second kappa shape index (κ2) is 6.95. The lowest BCUT2D eigenvalue weighted by Gasteiger charge is -2.28. The highest BCUT2D eigenvalue weighted by Gasteiger charge is 2.24. The molecule has 6 heteroatoms. The Morgan fingerprint density at radius 2 is 1.85 bits per heavy atom. The van der Waals surface area contributed by atoms with Gasteiger partial charge in [-0.15, -0.1) is 0 Å². The van der Waals surface area contributed by atoms with Crippen molar-refractivity contribution in [2.75, 3.05) is 7.05 Å². The van der Waals surface area contributed by atoms with Gasteiger partial charge >= 0.3 is 0 Å². The highest BCUT2D eigenvalue weighted by Crippen LogP contribution is 2.29. The van der Waals surface area contributed by atoms with Crippen LogP contribution in [0.15, 0.2) is 18.2 Å². The number of carbonyl (C=O) groups is 2. The zero-order chi connectivity index (χ0) is 15.4. The monoisotopic (exact) mass is 316 g/mol. The first-order valence-electron chi connectivity index (χ1n) is 6.22. The van der Waals surface area contributed by atoms with Crippen LogP contribution in [-0.2, 0) is 9.59 Å². The van der Waals surface area contributed by atoms with Crippen LogP contribution in [-0.4, -0.2) is 29.8 Å². The number of likely N-dealkylation sites (N-methyl/N-ethyl adjacent to an activating group) is 1. The number of nitrogens with one attached hydrogen (secondary N) is 1. The number of rotatable bonds is 4. The molecule has 0 radical (unpaired) electrons. The van der Waals surface area contributed by atoms with Gasteiger partial charge in [-0.2, -0.15) is 0 Å². The molecule has 1 N–H and O–H groups in total. The molecule has 1 rings (SSSR count). The van der Waals surface area contributed by atoms with Gasteiger partial charge in [-0.25, -0.2) is 0 Å². The summed E-state index contributed by atoms with van der Waals surface area (Å²) in [6.45, 7) is 4.90. The number of nitrogens with zero attached hydrogens (tertiary/aromatic N) is 1. The van der Waals surface area contributed by atoms with Crippen LogP contribution in [0, 0.1) is 0 Å². The molecule has 0 saturated heterocycles. The lowest BCUT2D eigenvalue weighted by atomic mass is 10.1. The summed E-state index contributed by atoms with van der Waals surface area (Å²) < 4.78 is 0. The van der Waals surface area contributed by atoms with Gasteiger partial charge in [0, 0.05) is 24.0 Å². The van der Waals surface area contributed by atoms with E-state index in [4.69, 9.17) is 23.2 Å². The molecule has 4 nitrogen and oxygen atoms in total. The van der Waals surface area contributed by atoms with Crippen LogP contribution in [0.3, 0.4) is 0 Å². The smallest absolute Gasteiger partial charge is 0.245 e. The first-order chi connectivity index (χ1) is 9.23. The molecule has 0 heterocycles. The fourth-order valence-electron chi connectivity index (χ4n) is 1.91. The van der Waals surface area contributed by atoms with Gasteiger partial charge in [0.25, 0.3) is 0 Å². The van der Waals surface area contributed by atoms with Gasteiger partial charge in [0.05, 0.1) is 6.04 Å². The van der Waals surface area contributed by atoms with E-state index in [2.05, 4.69) is 5.32 Å². The average Bonchev–Trinajstić information content (AvgIpc) is 2.35. The molecule has 0 aromatic heterocycles. The number of halogens is 2. The predicted octanol–water partition coefficient (Wildman–Crippen LogP) is 3.04. The third kappa shape index (κ3) is 4.12. The van der Waals surface area contributed by atoms with E-state index < -0.39 is 6.04 Å². The van der Waals surface area contributed by atoms with Crippen molar-refractivity contribution in [1.29, 1.82) is 0 Å². The molecule has 0 spiro atoms. The van der Waals surface area contributed by atoms with Crippen LogP contribution >= 0.6 is 23.2 Å². The second-order valence-corrected chi connectivity index (χ2v) is 5.56. The van der Waals surface area contributed by atoms with Crippen molar-refractivity contribution in [3.63, 3.8) is 0 Å². The molecular weight excluding hydrogens is 299 g/mol. The van der Waals surface area contributed by atoms with Gasteiger partial charge in [-0.05, 0) is 31.5 Å². The first-order valence-corrected chi connectivity index (χ1v) is 6.98. The summed E-state index contributed by atoms with van der Waals surface area (Å²) in [5, 5.41) is 3.63. The second-order valence-electron chi connectivity index (χ2n) is 4.71. The Labute approximate surface area is 129 Å². The summed E-state index contributed by atoms with van der Waals surface area (Å²) in [6.07, 6.45) is 0. The van der Waals surface area contributed by atoms with Crippen molar-refractivity contribution in [1.82, 2.24) is 10.2 Å². The molecule has 2 amide bonds. The van der Waals surface area contributed by atoms with E-state index in [-0.39, 0.29) is 17.9 Å². The van der Waals surface area contributed by atoms with Crippen molar-refractivity contribution in [2.24, 2.45) is 0 Å². The number of carbonyl (C=O) groups excluding carboxylic acids is 2. The number of amides is 2. The summed E-state index contributed by atoms with van der Waals surface area (Å²) in [5.41, 5.74) is 0.807. The molecule has 2 atom stereocenters. The Morgan fingerprint density at radius 3 is 2.35 bits per heavy atom. The highest BCUT2D eigenvalue weighted by molar-refractivity contribution is 6.35. The van der Waals surface area contributed by atoms with E-state index in [1.807, 2.05) is 6.92 Å². The summed E-state index contributed by atoms with van der Waals surface area (Å²) in [4.78, 5) is 24.8. The van der Waals surface area contributed by atoms with E-state index >= 15 is 0 Å². The standard InChI is InChI=1S/C14H18Cl2N2O2/c1-8(17-10(3)19)14(20)18(4)9(2)12-6-5-11(15)7-13(12)16/h5-9H,1-4H3,(H,17,19). The maximum atomic E-state index is 12.2. The first kappa shape index (κ1) is 16.8. The summed E-state index contributed by atoms with van der Waals surface area (Å²) in [7, 11) is 1.68. The van der Waals surface area contributed by atoms with Crippen LogP contribution in [0.4, 0.5) is 0 Å². The zero-order valence-corrected chi connectivity index (χ0v) is 13.4. The lowest BCUT2D eigenvalue weighted by Crippen LogP contribution is -2.45. The molecule has 1 aromatic rings. The largest absolute Gasteiger partial charge is 0.345 e. The highest BCUT2D eigenvalue weighted by atomic mass is 35.5. The molecule has 0 bridgehead atoms. The third-order valence-corrected chi connectivity index (χ3v) is 3.69. The van der Waals surface area contributed by atoms with Crippen molar-refractivity contribution < 1.29 is 9.59 Å². The van der Waals surface area contributed by atoms with Crippen LogP contribution in [0.1, 0.15) is 32.4 Å². The summed E-state index contributed by atoms with van der Waals surface area (Å²) >= 11 is 12.0.